The molecule has 114 valence electrons. The van der Waals surface area contributed by atoms with Gasteiger partial charge >= 0.3 is 5.97 Å². The minimum atomic E-state index is -1.49. The number of nitrogens with one attached hydrogen (secondary N) is 1. The van der Waals surface area contributed by atoms with Gasteiger partial charge < -0.3 is 14.9 Å². The molecule has 0 radical (unpaired) electrons. The highest BCUT2D eigenvalue weighted by atomic mass is 19.1. The fourth-order valence-electron chi connectivity index (χ4n) is 2.14. The maximum Gasteiger partial charge on any atom is 0.331 e. The summed E-state index contributed by atoms with van der Waals surface area (Å²) in [5.74, 6) is -1.87. The molecule has 2 aromatic rings. The van der Waals surface area contributed by atoms with Crippen molar-refractivity contribution in [2.24, 2.45) is 0 Å². The summed E-state index contributed by atoms with van der Waals surface area (Å²) in [6.45, 7) is 0. The molecule has 7 heteroatoms. The number of carboxylic acid groups (broad SMARTS) is 1. The van der Waals surface area contributed by atoms with Gasteiger partial charge in [0.1, 0.15) is 11.6 Å². The van der Waals surface area contributed by atoms with Crippen LogP contribution in [0, 0.1) is 5.82 Å². The van der Waals surface area contributed by atoms with Crippen molar-refractivity contribution in [1.82, 2.24) is 10.5 Å². The zero-order chi connectivity index (χ0) is 15.7. The van der Waals surface area contributed by atoms with Gasteiger partial charge in [0.25, 0.3) is 5.91 Å². The molecule has 1 aliphatic carbocycles. The number of hydrogen-bond acceptors (Lipinski definition) is 4. The average molecular weight is 304 g/mol. The van der Waals surface area contributed by atoms with Crippen molar-refractivity contribution in [3.05, 3.63) is 53.2 Å². The number of rotatable bonds is 5. The van der Waals surface area contributed by atoms with Gasteiger partial charge in [-0.25, -0.2) is 9.18 Å². The Bertz CT molecular complexity index is 724. The first-order valence-corrected chi connectivity index (χ1v) is 6.81. The Morgan fingerprint density at radius 3 is 2.73 bits per heavy atom. The predicted molar refractivity (Wildman–Crippen MR) is 72.7 cm³/mol. The third-order valence-corrected chi connectivity index (χ3v) is 3.48. The number of carboxylic acids is 1. The van der Waals surface area contributed by atoms with Crippen LogP contribution in [0.2, 0.25) is 0 Å². The van der Waals surface area contributed by atoms with Crippen LogP contribution >= 0.6 is 0 Å². The molecule has 1 saturated carbocycles. The van der Waals surface area contributed by atoms with E-state index in [-0.39, 0.29) is 17.2 Å². The van der Waals surface area contributed by atoms with Gasteiger partial charge in [-0.2, -0.15) is 0 Å². The molecule has 1 fully saturated rings. The van der Waals surface area contributed by atoms with Crippen molar-refractivity contribution >= 4 is 11.9 Å². The van der Waals surface area contributed by atoms with Crippen molar-refractivity contribution in [3.8, 4) is 0 Å². The Kier molecular flexibility index (Phi) is 3.62. The summed E-state index contributed by atoms with van der Waals surface area (Å²) >= 11 is 0. The third-order valence-electron chi connectivity index (χ3n) is 3.48. The summed E-state index contributed by atoms with van der Waals surface area (Å²) in [5, 5.41) is 15.1. The summed E-state index contributed by atoms with van der Waals surface area (Å²) in [6.07, 6.45) is 1.98. The van der Waals surface area contributed by atoms with E-state index in [1.165, 1.54) is 24.3 Å². The Labute approximate surface area is 124 Å². The first-order valence-electron chi connectivity index (χ1n) is 6.81. The zero-order valence-corrected chi connectivity index (χ0v) is 11.5. The van der Waals surface area contributed by atoms with Crippen LogP contribution in [0.4, 0.5) is 4.39 Å². The largest absolute Gasteiger partial charge is 0.479 e. The molecule has 2 N–H and O–H groups in total. The lowest BCUT2D eigenvalue weighted by Crippen LogP contribution is -2.34. The number of amides is 1. The molecule has 0 saturated heterocycles. The van der Waals surface area contributed by atoms with Crippen LogP contribution in [0.3, 0.4) is 0 Å². The molecule has 1 heterocycles. The number of aliphatic carboxylic acids is 1. The first kappa shape index (κ1) is 14.2. The van der Waals surface area contributed by atoms with Crippen molar-refractivity contribution in [2.75, 3.05) is 0 Å². The van der Waals surface area contributed by atoms with E-state index in [1.54, 1.807) is 0 Å². The standard InChI is InChI=1S/C15H13FN2O4/c16-10-4-2-1-3-9(10)13(15(20)21)17-14(19)11-7-12(22-18-11)8-5-6-8/h1-4,7-8,13H,5-6H2,(H,17,19)(H,20,21)/t13-/m0/s1. The monoisotopic (exact) mass is 304 g/mol. The number of nitrogens with zero attached hydrogens (tertiary/aromatic N) is 1. The minimum Gasteiger partial charge on any atom is -0.479 e. The van der Waals surface area contributed by atoms with Crippen molar-refractivity contribution in [2.45, 2.75) is 24.8 Å². The fraction of sp³-hybridized carbons (Fsp3) is 0.267. The molecule has 0 bridgehead atoms. The van der Waals surface area contributed by atoms with Crippen LogP contribution in [0.5, 0.6) is 0 Å². The number of hydrogen-bond donors (Lipinski definition) is 2. The van der Waals surface area contributed by atoms with Gasteiger partial charge in [0.15, 0.2) is 11.7 Å². The van der Waals surface area contributed by atoms with Crippen molar-refractivity contribution < 1.29 is 23.6 Å². The van der Waals surface area contributed by atoms with Gasteiger partial charge in [-0.3, -0.25) is 4.79 Å². The molecule has 1 aromatic heterocycles. The Hall–Kier alpha value is -2.70. The van der Waals surface area contributed by atoms with E-state index in [0.29, 0.717) is 5.76 Å². The SMILES string of the molecule is O=C(N[C@H](C(=O)O)c1ccccc1F)c1cc(C2CC2)on1. The smallest absolute Gasteiger partial charge is 0.331 e. The molecule has 1 atom stereocenters. The molecule has 1 aliphatic rings. The number of carbonyl (C=O) groups is 2. The lowest BCUT2D eigenvalue weighted by Gasteiger charge is -2.14. The average Bonchev–Trinajstić information content (AvgIpc) is 3.22. The molecule has 0 spiro atoms. The quantitative estimate of drug-likeness (QED) is 0.883. The lowest BCUT2D eigenvalue weighted by atomic mass is 10.1. The molecular weight excluding hydrogens is 291 g/mol. The Morgan fingerprint density at radius 2 is 2.09 bits per heavy atom. The van der Waals surface area contributed by atoms with E-state index in [1.807, 2.05) is 0 Å². The van der Waals surface area contributed by atoms with Crippen LogP contribution in [0.15, 0.2) is 34.9 Å². The second kappa shape index (κ2) is 5.59. The van der Waals surface area contributed by atoms with E-state index >= 15 is 0 Å². The van der Waals surface area contributed by atoms with Gasteiger partial charge in [-0.15, -0.1) is 0 Å². The molecule has 22 heavy (non-hydrogen) atoms. The highest BCUT2D eigenvalue weighted by Crippen LogP contribution is 2.40. The van der Waals surface area contributed by atoms with Crippen molar-refractivity contribution in [3.63, 3.8) is 0 Å². The molecule has 3 rings (SSSR count). The predicted octanol–water partition coefficient (Wildman–Crippen LogP) is 2.25. The number of carbonyl (C=O) groups excluding carboxylic acids is 1. The van der Waals surface area contributed by atoms with Crippen LogP contribution in [-0.4, -0.2) is 22.1 Å². The number of benzene rings is 1. The summed E-state index contributed by atoms with van der Waals surface area (Å²) < 4.78 is 18.8. The summed E-state index contributed by atoms with van der Waals surface area (Å²) in [7, 11) is 0. The zero-order valence-electron chi connectivity index (χ0n) is 11.5. The van der Waals surface area contributed by atoms with Gasteiger partial charge in [0.2, 0.25) is 0 Å². The third kappa shape index (κ3) is 2.83. The number of aromatic nitrogens is 1. The topological polar surface area (TPSA) is 92.4 Å². The van der Waals surface area contributed by atoms with Crippen LogP contribution in [0.25, 0.3) is 0 Å². The molecule has 6 nitrogen and oxygen atoms in total. The molecule has 0 aliphatic heterocycles. The highest BCUT2D eigenvalue weighted by Gasteiger charge is 2.30. The van der Waals surface area contributed by atoms with Gasteiger partial charge in [0.05, 0.1) is 0 Å². The van der Waals surface area contributed by atoms with E-state index in [2.05, 4.69) is 10.5 Å². The van der Waals surface area contributed by atoms with Gasteiger partial charge in [-0.05, 0) is 18.9 Å². The van der Waals surface area contributed by atoms with E-state index in [4.69, 9.17) is 4.52 Å². The van der Waals surface area contributed by atoms with Gasteiger partial charge in [-0.1, -0.05) is 23.4 Å². The second-order valence-electron chi connectivity index (χ2n) is 5.16. The lowest BCUT2D eigenvalue weighted by molar-refractivity contribution is -0.139. The first-order chi connectivity index (χ1) is 10.6. The maximum atomic E-state index is 13.7. The molecule has 1 amide bonds. The van der Waals surface area contributed by atoms with Gasteiger partial charge in [0, 0.05) is 17.5 Å². The summed E-state index contributed by atoms with van der Waals surface area (Å²) in [6, 6.07) is 5.40. The molecular formula is C15H13FN2O4. The Balaban J connectivity index is 1.79. The molecule has 1 aromatic carbocycles. The van der Waals surface area contributed by atoms with Crippen LogP contribution in [0.1, 0.15) is 46.6 Å². The highest BCUT2D eigenvalue weighted by molar-refractivity contribution is 5.95. The maximum absolute atomic E-state index is 13.7. The van der Waals surface area contributed by atoms with Crippen LogP contribution in [-0.2, 0) is 4.79 Å². The van der Waals surface area contributed by atoms with E-state index < -0.39 is 23.7 Å². The number of halogens is 1. The second-order valence-corrected chi connectivity index (χ2v) is 5.16. The van der Waals surface area contributed by atoms with E-state index in [9.17, 15) is 19.1 Å². The minimum absolute atomic E-state index is 0.00973. The molecule has 0 unspecified atom stereocenters. The van der Waals surface area contributed by atoms with Crippen molar-refractivity contribution in [1.29, 1.82) is 0 Å². The summed E-state index contributed by atoms with van der Waals surface area (Å²) in [4.78, 5) is 23.4. The summed E-state index contributed by atoms with van der Waals surface area (Å²) in [5.41, 5.74) is -0.126. The Morgan fingerprint density at radius 1 is 1.36 bits per heavy atom. The fourth-order valence-corrected chi connectivity index (χ4v) is 2.14. The van der Waals surface area contributed by atoms with E-state index in [0.717, 1.165) is 18.9 Å². The van der Waals surface area contributed by atoms with Crippen LogP contribution < -0.4 is 5.32 Å². The normalized spacial score (nSPS) is 15.3.